The molecule has 1 fully saturated rings. The predicted molar refractivity (Wildman–Crippen MR) is 65.8 cm³/mol. The number of hydrogen-bond acceptors (Lipinski definition) is 3. The number of aliphatic hydroxyl groups excluding tert-OH is 1. The van der Waals surface area contributed by atoms with E-state index in [0.29, 0.717) is 6.54 Å². The Kier molecular flexibility index (Phi) is 5.21. The first kappa shape index (κ1) is 14.3. The molecule has 0 heterocycles. The Balaban J connectivity index is 2.17. The Bertz CT molecular complexity index is 247. The van der Waals surface area contributed by atoms with Crippen molar-refractivity contribution in [2.75, 3.05) is 20.2 Å². The van der Waals surface area contributed by atoms with Gasteiger partial charge in [0.1, 0.15) is 0 Å². The smallest absolute Gasteiger partial charge is 0.314 e. The molecule has 0 spiro atoms. The van der Waals surface area contributed by atoms with Crippen molar-refractivity contribution in [2.45, 2.75) is 44.8 Å². The number of aliphatic hydroxyl groups is 1. The van der Waals surface area contributed by atoms with Gasteiger partial charge in [0, 0.05) is 20.2 Å². The summed E-state index contributed by atoms with van der Waals surface area (Å²) in [5.74, 6) is 0.146. The van der Waals surface area contributed by atoms with Crippen molar-refractivity contribution in [3.8, 4) is 0 Å². The van der Waals surface area contributed by atoms with Crippen LogP contribution in [-0.4, -0.2) is 43.0 Å². The van der Waals surface area contributed by atoms with Crippen LogP contribution in [0, 0.1) is 5.92 Å². The van der Waals surface area contributed by atoms with Gasteiger partial charge >= 0.3 is 6.03 Å². The molecule has 1 aliphatic carbocycles. The topological polar surface area (TPSA) is 70.6 Å². The first-order valence-electron chi connectivity index (χ1n) is 6.24. The number of carbonyl (C=O) groups is 1. The maximum absolute atomic E-state index is 11.5. The fraction of sp³-hybridized carbons (Fsp3) is 0.917. The normalized spacial score (nSPS) is 19.6. The highest BCUT2D eigenvalue weighted by Crippen LogP contribution is 2.34. The van der Waals surface area contributed by atoms with E-state index in [-0.39, 0.29) is 24.1 Å². The fourth-order valence-electron chi connectivity index (χ4n) is 1.76. The minimum absolute atomic E-state index is 0.146. The molecule has 2 amide bonds. The lowest BCUT2D eigenvalue weighted by atomic mass is 9.80. The third-order valence-corrected chi connectivity index (χ3v) is 3.51. The average molecular weight is 244 g/mol. The van der Waals surface area contributed by atoms with E-state index in [1.54, 1.807) is 7.11 Å². The first-order chi connectivity index (χ1) is 7.99. The van der Waals surface area contributed by atoms with Crippen molar-refractivity contribution in [2.24, 2.45) is 5.92 Å². The van der Waals surface area contributed by atoms with Crippen LogP contribution in [-0.2, 0) is 4.74 Å². The van der Waals surface area contributed by atoms with Crippen molar-refractivity contribution in [1.82, 2.24) is 10.6 Å². The van der Waals surface area contributed by atoms with Crippen LogP contribution in [0.15, 0.2) is 0 Å². The Morgan fingerprint density at radius 2 is 2.06 bits per heavy atom. The van der Waals surface area contributed by atoms with Gasteiger partial charge in [-0.25, -0.2) is 4.79 Å². The van der Waals surface area contributed by atoms with E-state index in [1.165, 1.54) is 0 Å². The molecule has 0 aromatic rings. The molecule has 17 heavy (non-hydrogen) atoms. The molecule has 1 atom stereocenters. The standard InChI is InChI=1S/C12H24N2O3/c1-9(2)10(15)7-13-11(16)14-8-12(17-3)5-4-6-12/h9-10,15H,4-8H2,1-3H3,(H2,13,14,16). The van der Waals surface area contributed by atoms with Crippen LogP contribution in [0.5, 0.6) is 0 Å². The second kappa shape index (κ2) is 6.21. The third kappa shape index (κ3) is 4.16. The largest absolute Gasteiger partial charge is 0.391 e. The SMILES string of the molecule is COC1(CNC(=O)NCC(O)C(C)C)CCC1. The number of amides is 2. The first-order valence-corrected chi connectivity index (χ1v) is 6.24. The van der Waals surface area contributed by atoms with E-state index in [4.69, 9.17) is 4.74 Å². The van der Waals surface area contributed by atoms with E-state index < -0.39 is 6.10 Å². The number of methoxy groups -OCH3 is 1. The van der Waals surface area contributed by atoms with Gasteiger partial charge < -0.3 is 20.5 Å². The van der Waals surface area contributed by atoms with Crippen LogP contribution in [0.2, 0.25) is 0 Å². The summed E-state index contributed by atoms with van der Waals surface area (Å²) in [5, 5.41) is 15.0. The maximum Gasteiger partial charge on any atom is 0.314 e. The van der Waals surface area contributed by atoms with E-state index in [2.05, 4.69) is 10.6 Å². The lowest BCUT2D eigenvalue weighted by Crippen LogP contribution is -2.52. The Labute approximate surface area is 103 Å². The van der Waals surface area contributed by atoms with Gasteiger partial charge in [0.05, 0.1) is 11.7 Å². The van der Waals surface area contributed by atoms with Gasteiger partial charge in [0.2, 0.25) is 0 Å². The zero-order chi connectivity index (χ0) is 12.9. The second-order valence-corrected chi connectivity index (χ2v) is 5.12. The molecule has 0 aliphatic heterocycles. The molecule has 100 valence electrons. The molecule has 0 aromatic carbocycles. The van der Waals surface area contributed by atoms with Gasteiger partial charge in [-0.2, -0.15) is 0 Å². The Morgan fingerprint density at radius 3 is 2.47 bits per heavy atom. The van der Waals surface area contributed by atoms with Crippen molar-refractivity contribution >= 4 is 6.03 Å². The Morgan fingerprint density at radius 1 is 1.41 bits per heavy atom. The summed E-state index contributed by atoms with van der Waals surface area (Å²) >= 11 is 0. The van der Waals surface area contributed by atoms with Crippen LogP contribution < -0.4 is 10.6 Å². The molecule has 0 radical (unpaired) electrons. The van der Waals surface area contributed by atoms with Crippen LogP contribution in [0.4, 0.5) is 4.79 Å². The highest BCUT2D eigenvalue weighted by molar-refractivity contribution is 5.73. The molecule has 0 saturated heterocycles. The van der Waals surface area contributed by atoms with Crippen LogP contribution in [0.1, 0.15) is 33.1 Å². The highest BCUT2D eigenvalue weighted by atomic mass is 16.5. The number of urea groups is 1. The minimum Gasteiger partial charge on any atom is -0.391 e. The maximum atomic E-state index is 11.5. The van der Waals surface area contributed by atoms with E-state index in [0.717, 1.165) is 19.3 Å². The monoisotopic (exact) mass is 244 g/mol. The summed E-state index contributed by atoms with van der Waals surface area (Å²) in [4.78, 5) is 11.5. The predicted octanol–water partition coefficient (Wildman–Crippen LogP) is 0.872. The number of carbonyl (C=O) groups excluding carboxylic acids is 1. The Hall–Kier alpha value is -0.810. The summed E-state index contributed by atoms with van der Waals surface area (Å²) < 4.78 is 5.40. The molecule has 1 saturated carbocycles. The molecule has 1 unspecified atom stereocenters. The van der Waals surface area contributed by atoms with Gasteiger partial charge in [-0.05, 0) is 25.2 Å². The van der Waals surface area contributed by atoms with Gasteiger partial charge in [-0.15, -0.1) is 0 Å². The van der Waals surface area contributed by atoms with Crippen molar-refractivity contribution in [1.29, 1.82) is 0 Å². The lowest BCUT2D eigenvalue weighted by Gasteiger charge is -2.40. The number of hydrogen-bond donors (Lipinski definition) is 3. The summed E-state index contributed by atoms with van der Waals surface area (Å²) in [6, 6.07) is -0.243. The molecular formula is C12H24N2O3. The zero-order valence-corrected chi connectivity index (χ0v) is 11.0. The van der Waals surface area contributed by atoms with Crippen molar-refractivity contribution in [3.63, 3.8) is 0 Å². The van der Waals surface area contributed by atoms with E-state index in [1.807, 2.05) is 13.8 Å². The van der Waals surface area contributed by atoms with Crippen molar-refractivity contribution < 1.29 is 14.6 Å². The van der Waals surface area contributed by atoms with Crippen LogP contribution in [0.25, 0.3) is 0 Å². The van der Waals surface area contributed by atoms with Crippen LogP contribution >= 0.6 is 0 Å². The minimum atomic E-state index is -0.499. The fourth-order valence-corrected chi connectivity index (χ4v) is 1.76. The lowest BCUT2D eigenvalue weighted by molar-refractivity contribution is -0.0674. The molecule has 3 N–H and O–H groups in total. The third-order valence-electron chi connectivity index (χ3n) is 3.51. The molecular weight excluding hydrogens is 220 g/mol. The van der Waals surface area contributed by atoms with E-state index >= 15 is 0 Å². The van der Waals surface area contributed by atoms with E-state index in [9.17, 15) is 9.90 Å². The number of rotatable bonds is 6. The van der Waals surface area contributed by atoms with Crippen molar-refractivity contribution in [3.05, 3.63) is 0 Å². The molecule has 5 heteroatoms. The highest BCUT2D eigenvalue weighted by Gasteiger charge is 2.37. The summed E-state index contributed by atoms with van der Waals surface area (Å²) in [6.45, 7) is 4.65. The van der Waals surface area contributed by atoms with Crippen LogP contribution in [0.3, 0.4) is 0 Å². The molecule has 1 rings (SSSR count). The molecule has 0 bridgehead atoms. The number of ether oxygens (including phenoxy) is 1. The molecule has 1 aliphatic rings. The summed E-state index contributed by atoms with van der Waals surface area (Å²) in [5.41, 5.74) is -0.159. The van der Waals surface area contributed by atoms with Gasteiger partial charge in [0.25, 0.3) is 0 Å². The second-order valence-electron chi connectivity index (χ2n) is 5.12. The van der Waals surface area contributed by atoms with Gasteiger partial charge in [-0.1, -0.05) is 13.8 Å². The van der Waals surface area contributed by atoms with Gasteiger partial charge in [0.15, 0.2) is 0 Å². The number of nitrogens with one attached hydrogen (secondary N) is 2. The molecule has 5 nitrogen and oxygen atoms in total. The van der Waals surface area contributed by atoms with Gasteiger partial charge in [-0.3, -0.25) is 0 Å². The summed E-state index contributed by atoms with van der Waals surface area (Å²) in [7, 11) is 1.68. The average Bonchev–Trinajstić information content (AvgIpc) is 2.24. The summed E-state index contributed by atoms with van der Waals surface area (Å²) in [6.07, 6.45) is 2.65. The molecule has 0 aromatic heterocycles. The quantitative estimate of drug-likeness (QED) is 0.649. The zero-order valence-electron chi connectivity index (χ0n) is 11.0.